The van der Waals surface area contributed by atoms with Gasteiger partial charge in [0.1, 0.15) is 16.9 Å². The summed E-state index contributed by atoms with van der Waals surface area (Å²) in [5, 5.41) is 22.7. The molecule has 3 aromatic heterocycles. The molecule has 0 bridgehead atoms. The van der Waals surface area contributed by atoms with Gasteiger partial charge in [0.25, 0.3) is 5.56 Å². The molecule has 174 valence electrons. The van der Waals surface area contributed by atoms with Crippen molar-refractivity contribution < 1.29 is 9.90 Å². The van der Waals surface area contributed by atoms with E-state index < -0.39 is 17.6 Å². The average Bonchev–Trinajstić information content (AvgIpc) is 3.58. The summed E-state index contributed by atoms with van der Waals surface area (Å²) in [5.74, 6) is 0.468. The number of aromatic carboxylic acids is 1. The Morgan fingerprint density at radius 3 is 2.82 bits per heavy atom. The summed E-state index contributed by atoms with van der Waals surface area (Å²) in [6, 6.07) is 6.22. The van der Waals surface area contributed by atoms with Gasteiger partial charge in [-0.05, 0) is 49.8 Å². The van der Waals surface area contributed by atoms with Gasteiger partial charge in [0, 0.05) is 24.8 Å². The van der Waals surface area contributed by atoms with Crippen LogP contribution in [0.5, 0.6) is 0 Å². The van der Waals surface area contributed by atoms with Crippen molar-refractivity contribution in [3.05, 3.63) is 61.7 Å². The summed E-state index contributed by atoms with van der Waals surface area (Å²) in [6.07, 6.45) is 3.63. The molecule has 1 saturated heterocycles. The van der Waals surface area contributed by atoms with Crippen molar-refractivity contribution in [1.29, 1.82) is 5.26 Å². The third-order valence-electron chi connectivity index (χ3n) is 6.51. The molecule has 3 atom stereocenters. The summed E-state index contributed by atoms with van der Waals surface area (Å²) in [4.78, 5) is 35.6. The zero-order valence-corrected chi connectivity index (χ0v) is 19.6. The van der Waals surface area contributed by atoms with E-state index in [0.717, 1.165) is 25.4 Å². The van der Waals surface area contributed by atoms with Crippen LogP contribution in [0.2, 0.25) is 10.2 Å². The molecule has 0 spiro atoms. The second-order valence-electron chi connectivity index (χ2n) is 8.73. The molecule has 1 aliphatic carbocycles. The number of halogens is 2. The SMILES string of the molecule is C[C@@H](Nc1ccc(Cl)nc1C(=O)O)c1cc(Cl)cn2c(=O)c(C#N)c(N3CCC4CC4C3)nc12. The summed E-state index contributed by atoms with van der Waals surface area (Å²) in [6.45, 7) is 3.32. The molecule has 0 aromatic carbocycles. The number of rotatable bonds is 5. The van der Waals surface area contributed by atoms with Gasteiger partial charge in [0.15, 0.2) is 17.1 Å². The highest BCUT2D eigenvalue weighted by Crippen LogP contribution is 2.45. The van der Waals surface area contributed by atoms with E-state index in [2.05, 4.69) is 10.3 Å². The standard InChI is InChI=1S/C23H20Cl2N6O3/c1-11(27-17-2-3-18(25)28-19(17)23(33)34)15-7-14(24)10-31-21(15)29-20(16(8-26)22(31)32)30-5-4-12-6-13(12)9-30/h2-3,7,10-13,27H,4-6,9H2,1H3,(H,33,34)/t11-,12?,13?/m1/s1. The lowest BCUT2D eigenvalue weighted by atomic mass is 10.1. The van der Waals surface area contributed by atoms with Gasteiger partial charge in [-0.25, -0.2) is 14.8 Å². The van der Waals surface area contributed by atoms with Gasteiger partial charge >= 0.3 is 5.97 Å². The normalized spacial score (nSPS) is 19.9. The third kappa shape index (κ3) is 3.93. The average molecular weight is 499 g/mol. The number of hydrogen-bond donors (Lipinski definition) is 2. The van der Waals surface area contributed by atoms with E-state index in [1.807, 2.05) is 11.0 Å². The fourth-order valence-corrected chi connectivity index (χ4v) is 5.03. The highest BCUT2D eigenvalue weighted by Gasteiger charge is 2.42. The van der Waals surface area contributed by atoms with Crippen LogP contribution in [-0.2, 0) is 0 Å². The van der Waals surface area contributed by atoms with E-state index >= 15 is 0 Å². The van der Waals surface area contributed by atoms with E-state index in [9.17, 15) is 20.0 Å². The van der Waals surface area contributed by atoms with Gasteiger partial charge in [-0.15, -0.1) is 0 Å². The van der Waals surface area contributed by atoms with E-state index in [1.165, 1.54) is 29.2 Å². The molecule has 0 amide bonds. The van der Waals surface area contributed by atoms with Gasteiger partial charge in [0.05, 0.1) is 16.8 Å². The second-order valence-corrected chi connectivity index (χ2v) is 9.55. The molecule has 4 heterocycles. The molecule has 34 heavy (non-hydrogen) atoms. The van der Waals surface area contributed by atoms with Gasteiger partial charge in [0.2, 0.25) is 0 Å². The minimum Gasteiger partial charge on any atom is -0.476 e. The van der Waals surface area contributed by atoms with Crippen LogP contribution < -0.4 is 15.8 Å². The molecule has 3 aromatic rings. The van der Waals surface area contributed by atoms with Gasteiger partial charge < -0.3 is 15.3 Å². The van der Waals surface area contributed by atoms with Crippen molar-refractivity contribution in [1.82, 2.24) is 14.4 Å². The number of carboxylic acid groups (broad SMARTS) is 1. The summed E-state index contributed by atoms with van der Waals surface area (Å²) < 4.78 is 1.28. The van der Waals surface area contributed by atoms with Crippen molar-refractivity contribution in [3.63, 3.8) is 0 Å². The number of aromatic nitrogens is 3. The predicted molar refractivity (Wildman–Crippen MR) is 128 cm³/mol. The first-order valence-electron chi connectivity index (χ1n) is 10.8. The van der Waals surface area contributed by atoms with E-state index in [0.29, 0.717) is 22.9 Å². The molecule has 1 saturated carbocycles. The van der Waals surface area contributed by atoms with Crippen molar-refractivity contribution in [2.45, 2.75) is 25.8 Å². The Morgan fingerprint density at radius 2 is 2.12 bits per heavy atom. The molecule has 2 aliphatic rings. The number of carbonyl (C=O) groups is 1. The van der Waals surface area contributed by atoms with Crippen LogP contribution in [0, 0.1) is 23.2 Å². The smallest absolute Gasteiger partial charge is 0.356 e. The lowest BCUT2D eigenvalue weighted by molar-refractivity contribution is 0.0691. The molecule has 2 N–H and O–H groups in total. The van der Waals surface area contributed by atoms with Crippen LogP contribution >= 0.6 is 23.2 Å². The largest absolute Gasteiger partial charge is 0.476 e. The Morgan fingerprint density at radius 1 is 1.32 bits per heavy atom. The maximum Gasteiger partial charge on any atom is 0.356 e. The first kappa shape index (κ1) is 22.4. The summed E-state index contributed by atoms with van der Waals surface area (Å²) in [7, 11) is 0. The van der Waals surface area contributed by atoms with Crippen LogP contribution in [-0.4, -0.2) is 38.5 Å². The number of hydrogen-bond acceptors (Lipinski definition) is 7. The predicted octanol–water partition coefficient (Wildman–Crippen LogP) is 3.99. The number of anilines is 2. The molecule has 11 heteroatoms. The third-order valence-corrected chi connectivity index (χ3v) is 6.92. The fourth-order valence-electron chi connectivity index (χ4n) is 4.67. The van der Waals surface area contributed by atoms with Crippen molar-refractivity contribution in [3.8, 4) is 6.07 Å². The molecule has 2 unspecified atom stereocenters. The molecule has 5 rings (SSSR count). The van der Waals surface area contributed by atoms with Crippen LogP contribution in [0.15, 0.2) is 29.2 Å². The van der Waals surface area contributed by atoms with Gasteiger partial charge in [-0.3, -0.25) is 9.20 Å². The Hall–Kier alpha value is -3.35. The second kappa shape index (κ2) is 8.46. The minimum absolute atomic E-state index is 0.0134. The number of carboxylic acids is 1. The molecule has 1 aliphatic heterocycles. The Labute approximate surface area is 204 Å². The zero-order chi connectivity index (χ0) is 24.1. The van der Waals surface area contributed by atoms with E-state index in [-0.39, 0.29) is 27.1 Å². The number of piperidine rings is 1. The summed E-state index contributed by atoms with van der Waals surface area (Å²) in [5.41, 5.74) is 0.449. The maximum absolute atomic E-state index is 13.3. The fraction of sp³-hybridized carbons (Fsp3) is 0.348. The van der Waals surface area contributed by atoms with Crippen molar-refractivity contribution >= 4 is 46.3 Å². The quantitative estimate of drug-likeness (QED) is 0.506. The van der Waals surface area contributed by atoms with Crippen LogP contribution in [0.3, 0.4) is 0 Å². The maximum atomic E-state index is 13.3. The molecule has 9 nitrogen and oxygen atoms in total. The molecule has 0 radical (unpaired) electrons. The lowest BCUT2D eigenvalue weighted by Gasteiger charge is -2.28. The summed E-state index contributed by atoms with van der Waals surface area (Å²) >= 11 is 12.2. The van der Waals surface area contributed by atoms with Crippen molar-refractivity contribution in [2.75, 3.05) is 23.3 Å². The minimum atomic E-state index is -1.23. The van der Waals surface area contributed by atoms with Crippen molar-refractivity contribution in [2.24, 2.45) is 11.8 Å². The Kier molecular flexibility index (Phi) is 5.58. The number of pyridine rings is 2. The number of nitrogens with zero attached hydrogens (tertiary/aromatic N) is 5. The first-order chi connectivity index (χ1) is 16.3. The van der Waals surface area contributed by atoms with Crippen LogP contribution in [0.4, 0.5) is 11.5 Å². The van der Waals surface area contributed by atoms with E-state index in [4.69, 9.17) is 28.2 Å². The topological polar surface area (TPSA) is 124 Å². The number of fused-ring (bicyclic) bond motifs is 2. The molecular formula is C23H20Cl2N6O3. The molecule has 2 fully saturated rings. The van der Waals surface area contributed by atoms with Gasteiger partial charge in [-0.2, -0.15) is 5.26 Å². The Bertz CT molecular complexity index is 1430. The van der Waals surface area contributed by atoms with Crippen LogP contribution in [0.25, 0.3) is 5.65 Å². The van der Waals surface area contributed by atoms with E-state index in [1.54, 1.807) is 13.0 Å². The highest BCUT2D eigenvalue weighted by atomic mass is 35.5. The number of nitriles is 1. The zero-order valence-electron chi connectivity index (χ0n) is 18.1. The first-order valence-corrected chi connectivity index (χ1v) is 11.6. The Balaban J connectivity index is 1.62. The number of nitrogens with one attached hydrogen (secondary N) is 1. The van der Waals surface area contributed by atoms with Gasteiger partial charge in [-0.1, -0.05) is 23.2 Å². The lowest BCUT2D eigenvalue weighted by Crippen LogP contribution is -2.35. The van der Waals surface area contributed by atoms with Crippen LogP contribution in [0.1, 0.15) is 47.4 Å². The molecular weight excluding hydrogens is 479 g/mol. The monoisotopic (exact) mass is 498 g/mol. The highest BCUT2D eigenvalue weighted by molar-refractivity contribution is 6.30.